The molecule has 0 aliphatic heterocycles. The van der Waals surface area contributed by atoms with E-state index in [1.54, 1.807) is 42.5 Å². The van der Waals surface area contributed by atoms with E-state index < -0.39 is 5.97 Å². The molecule has 0 bridgehead atoms. The number of nitrogens with zero attached hydrogens (tertiary/aromatic N) is 1. The summed E-state index contributed by atoms with van der Waals surface area (Å²) in [6, 6.07) is 13.8. The third-order valence-electron chi connectivity index (χ3n) is 2.60. The van der Waals surface area contributed by atoms with Crippen molar-refractivity contribution in [3.05, 3.63) is 54.1 Å². The lowest BCUT2D eigenvalue weighted by atomic mass is 10.2. The molecule has 19 heavy (non-hydrogen) atoms. The van der Waals surface area contributed by atoms with Crippen LogP contribution in [-0.4, -0.2) is 11.0 Å². The number of anilines is 1. The number of hydrogen-bond donors (Lipinski definition) is 1. The smallest absolute Gasteiger partial charge is 0.343 e. The van der Waals surface area contributed by atoms with Crippen LogP contribution in [0.2, 0.25) is 0 Å². The van der Waals surface area contributed by atoms with Crippen molar-refractivity contribution in [2.24, 2.45) is 0 Å². The van der Waals surface area contributed by atoms with Crippen LogP contribution < -0.4 is 10.5 Å². The zero-order valence-corrected chi connectivity index (χ0v) is 9.87. The third kappa shape index (κ3) is 2.26. The summed E-state index contributed by atoms with van der Waals surface area (Å²) in [7, 11) is 0. The van der Waals surface area contributed by atoms with Crippen molar-refractivity contribution >= 4 is 23.1 Å². The van der Waals surface area contributed by atoms with Crippen molar-refractivity contribution in [2.75, 3.05) is 5.73 Å². The minimum Gasteiger partial charge on any atom is -0.424 e. The van der Waals surface area contributed by atoms with Crippen LogP contribution >= 0.6 is 0 Å². The summed E-state index contributed by atoms with van der Waals surface area (Å²) in [5, 5.41) is 0. The van der Waals surface area contributed by atoms with Crippen LogP contribution in [0, 0.1) is 0 Å². The quantitative estimate of drug-likeness (QED) is 0.561. The number of hydrogen-bond acceptors (Lipinski definition) is 5. The Kier molecular flexibility index (Phi) is 2.64. The maximum Gasteiger partial charge on any atom is 0.343 e. The van der Waals surface area contributed by atoms with Gasteiger partial charge in [-0.3, -0.25) is 0 Å². The standard InChI is InChI=1S/C14H10N2O3/c15-14-16-11-7-6-10(8-12(11)19-14)18-13(17)9-4-2-1-3-5-9/h1-8H,(H2,15,16). The van der Waals surface area contributed by atoms with Crippen molar-refractivity contribution in [1.82, 2.24) is 4.98 Å². The minimum absolute atomic E-state index is 0.0848. The molecule has 0 saturated carbocycles. The summed E-state index contributed by atoms with van der Waals surface area (Å²) in [6.45, 7) is 0. The first kappa shape index (κ1) is 11.3. The summed E-state index contributed by atoms with van der Waals surface area (Å²) in [6.07, 6.45) is 0. The number of rotatable bonds is 2. The van der Waals surface area contributed by atoms with Crippen LogP contribution in [0.5, 0.6) is 5.75 Å². The van der Waals surface area contributed by atoms with Gasteiger partial charge in [-0.25, -0.2) is 4.79 Å². The third-order valence-corrected chi connectivity index (χ3v) is 2.60. The van der Waals surface area contributed by atoms with E-state index in [1.165, 1.54) is 0 Å². The first-order chi connectivity index (χ1) is 9.22. The lowest BCUT2D eigenvalue weighted by molar-refractivity contribution is 0.0735. The average Bonchev–Trinajstić information content (AvgIpc) is 2.79. The number of carbonyl (C=O) groups is 1. The van der Waals surface area contributed by atoms with Crippen molar-refractivity contribution in [2.45, 2.75) is 0 Å². The maximum absolute atomic E-state index is 11.9. The highest BCUT2D eigenvalue weighted by molar-refractivity contribution is 5.91. The molecule has 3 aromatic rings. The summed E-state index contributed by atoms with van der Waals surface area (Å²) < 4.78 is 10.4. The SMILES string of the molecule is Nc1nc2ccc(OC(=O)c3ccccc3)cc2o1. The van der Waals surface area contributed by atoms with Crippen LogP contribution in [0.15, 0.2) is 52.9 Å². The van der Waals surface area contributed by atoms with Gasteiger partial charge in [-0.1, -0.05) is 18.2 Å². The molecule has 0 radical (unpaired) electrons. The Labute approximate surface area is 108 Å². The Morgan fingerprint density at radius 2 is 1.95 bits per heavy atom. The van der Waals surface area contributed by atoms with Gasteiger partial charge in [0.25, 0.3) is 6.01 Å². The van der Waals surface area contributed by atoms with Crippen LogP contribution in [0.25, 0.3) is 11.1 Å². The Bertz CT molecular complexity index is 735. The molecule has 0 aliphatic rings. The highest BCUT2D eigenvalue weighted by Gasteiger charge is 2.10. The average molecular weight is 254 g/mol. The largest absolute Gasteiger partial charge is 0.424 e. The number of ether oxygens (including phenoxy) is 1. The first-order valence-electron chi connectivity index (χ1n) is 5.66. The predicted octanol–water partition coefficient (Wildman–Crippen LogP) is 2.63. The zero-order chi connectivity index (χ0) is 13.2. The van der Waals surface area contributed by atoms with E-state index in [-0.39, 0.29) is 6.01 Å². The van der Waals surface area contributed by atoms with E-state index in [4.69, 9.17) is 14.9 Å². The Balaban J connectivity index is 1.87. The van der Waals surface area contributed by atoms with Gasteiger partial charge in [-0.05, 0) is 24.3 Å². The van der Waals surface area contributed by atoms with Gasteiger partial charge in [0.1, 0.15) is 11.3 Å². The van der Waals surface area contributed by atoms with Gasteiger partial charge in [0.15, 0.2) is 5.58 Å². The lowest BCUT2D eigenvalue weighted by Gasteiger charge is -2.03. The maximum atomic E-state index is 11.9. The van der Waals surface area contributed by atoms with E-state index >= 15 is 0 Å². The van der Waals surface area contributed by atoms with Gasteiger partial charge >= 0.3 is 5.97 Å². The second kappa shape index (κ2) is 4.45. The number of nitrogens with two attached hydrogens (primary N) is 1. The molecule has 5 nitrogen and oxygen atoms in total. The zero-order valence-electron chi connectivity index (χ0n) is 9.87. The fourth-order valence-corrected chi connectivity index (χ4v) is 1.73. The molecule has 3 rings (SSSR count). The van der Waals surface area contributed by atoms with Crippen LogP contribution in [-0.2, 0) is 0 Å². The van der Waals surface area contributed by atoms with Crippen LogP contribution in [0.3, 0.4) is 0 Å². The molecule has 0 unspecified atom stereocenters. The summed E-state index contributed by atoms with van der Waals surface area (Å²) in [4.78, 5) is 15.8. The molecule has 1 aromatic heterocycles. The normalized spacial score (nSPS) is 10.5. The molecular weight excluding hydrogens is 244 g/mol. The minimum atomic E-state index is -0.424. The van der Waals surface area contributed by atoms with E-state index in [1.807, 2.05) is 6.07 Å². The van der Waals surface area contributed by atoms with Crippen molar-refractivity contribution in [3.63, 3.8) is 0 Å². The number of carbonyl (C=O) groups excluding carboxylic acids is 1. The monoisotopic (exact) mass is 254 g/mol. The van der Waals surface area contributed by atoms with Crippen LogP contribution in [0.4, 0.5) is 6.01 Å². The fourth-order valence-electron chi connectivity index (χ4n) is 1.73. The van der Waals surface area contributed by atoms with Gasteiger partial charge < -0.3 is 14.9 Å². The molecule has 2 N–H and O–H groups in total. The second-order valence-electron chi connectivity index (χ2n) is 3.94. The first-order valence-corrected chi connectivity index (χ1v) is 5.66. The van der Waals surface area contributed by atoms with Crippen molar-refractivity contribution in [1.29, 1.82) is 0 Å². The molecule has 94 valence electrons. The highest BCUT2D eigenvalue weighted by atomic mass is 16.5. The molecule has 0 aliphatic carbocycles. The summed E-state index contributed by atoms with van der Waals surface area (Å²) in [5.41, 5.74) is 7.04. The van der Waals surface area contributed by atoms with E-state index in [0.29, 0.717) is 22.4 Å². The van der Waals surface area contributed by atoms with E-state index in [2.05, 4.69) is 4.98 Å². The second-order valence-corrected chi connectivity index (χ2v) is 3.94. The molecule has 1 heterocycles. The molecule has 0 amide bonds. The lowest BCUT2D eigenvalue weighted by Crippen LogP contribution is -2.07. The molecule has 0 saturated heterocycles. The Morgan fingerprint density at radius 1 is 1.16 bits per heavy atom. The number of nitrogen functional groups attached to an aromatic ring is 1. The van der Waals surface area contributed by atoms with Gasteiger partial charge in [-0.2, -0.15) is 4.98 Å². The molecular formula is C14H10N2O3. The molecule has 0 fully saturated rings. The number of oxazole rings is 1. The number of benzene rings is 2. The van der Waals surface area contributed by atoms with Gasteiger partial charge in [-0.15, -0.1) is 0 Å². The fraction of sp³-hybridized carbons (Fsp3) is 0. The summed E-state index contributed by atoms with van der Waals surface area (Å²) >= 11 is 0. The van der Waals surface area contributed by atoms with Crippen molar-refractivity contribution < 1.29 is 13.9 Å². The predicted molar refractivity (Wildman–Crippen MR) is 69.8 cm³/mol. The van der Waals surface area contributed by atoms with Gasteiger partial charge in [0, 0.05) is 6.07 Å². The van der Waals surface area contributed by atoms with Gasteiger partial charge in [0.05, 0.1) is 5.56 Å². The van der Waals surface area contributed by atoms with Crippen LogP contribution in [0.1, 0.15) is 10.4 Å². The number of esters is 1. The Morgan fingerprint density at radius 3 is 2.74 bits per heavy atom. The molecule has 0 spiro atoms. The van der Waals surface area contributed by atoms with E-state index in [0.717, 1.165) is 0 Å². The van der Waals surface area contributed by atoms with Crippen molar-refractivity contribution in [3.8, 4) is 5.75 Å². The molecule has 2 aromatic carbocycles. The molecule has 5 heteroatoms. The highest BCUT2D eigenvalue weighted by Crippen LogP contribution is 2.23. The number of fused-ring (bicyclic) bond motifs is 1. The topological polar surface area (TPSA) is 78.4 Å². The number of aromatic nitrogens is 1. The van der Waals surface area contributed by atoms with E-state index in [9.17, 15) is 4.79 Å². The van der Waals surface area contributed by atoms with Gasteiger partial charge in [0.2, 0.25) is 0 Å². The Hall–Kier alpha value is -2.82. The summed E-state index contributed by atoms with van der Waals surface area (Å²) in [5.74, 6) is -0.0371. The molecule has 0 atom stereocenters.